The molecule has 3 rings (SSSR count). The van der Waals surface area contributed by atoms with E-state index in [1.807, 2.05) is 37.3 Å². The molecule has 0 fully saturated rings. The molecule has 2 heterocycles. The van der Waals surface area contributed by atoms with Crippen LogP contribution in [0, 0.1) is 6.92 Å². The molecule has 0 bridgehead atoms. The van der Waals surface area contributed by atoms with Crippen molar-refractivity contribution in [3.63, 3.8) is 0 Å². The van der Waals surface area contributed by atoms with Crippen LogP contribution >= 0.6 is 0 Å². The zero-order valence-corrected chi connectivity index (χ0v) is 13.1. The smallest absolute Gasteiger partial charge is 0.340 e. The lowest BCUT2D eigenvalue weighted by atomic mass is 10.0. The lowest BCUT2D eigenvalue weighted by Crippen LogP contribution is -2.06. The summed E-state index contributed by atoms with van der Waals surface area (Å²) in [6.45, 7) is 3.95. The molecule has 116 valence electrons. The van der Waals surface area contributed by atoms with Gasteiger partial charge in [0.15, 0.2) is 0 Å². The average molecular weight is 307 g/mol. The van der Waals surface area contributed by atoms with Gasteiger partial charge >= 0.3 is 5.97 Å². The molecule has 0 atom stereocenters. The molecule has 0 spiro atoms. The van der Waals surface area contributed by atoms with Crippen LogP contribution in [0.2, 0.25) is 0 Å². The van der Waals surface area contributed by atoms with Crippen LogP contribution in [-0.4, -0.2) is 22.8 Å². The van der Waals surface area contributed by atoms with E-state index < -0.39 is 5.97 Å². The average Bonchev–Trinajstić information content (AvgIpc) is 2.95. The van der Waals surface area contributed by atoms with Crippen molar-refractivity contribution < 1.29 is 14.3 Å². The number of aromatic nitrogens is 1. The summed E-state index contributed by atoms with van der Waals surface area (Å²) in [5, 5.41) is 0. The first kappa shape index (κ1) is 15.0. The number of fused-ring (bicyclic) bond motifs is 1. The topological polar surface area (TPSA) is 47.8 Å². The van der Waals surface area contributed by atoms with Crippen molar-refractivity contribution in [1.82, 2.24) is 4.40 Å². The SMILES string of the molecule is CCOC(=O)c1cc(C(=O)c2ccccc2C)n2ccccc12. The Hall–Kier alpha value is -2.88. The van der Waals surface area contributed by atoms with Gasteiger partial charge < -0.3 is 9.14 Å². The summed E-state index contributed by atoms with van der Waals surface area (Å²) in [5.74, 6) is -0.528. The highest BCUT2D eigenvalue weighted by atomic mass is 16.5. The first-order valence-corrected chi connectivity index (χ1v) is 7.51. The third kappa shape index (κ3) is 2.63. The molecule has 0 unspecified atom stereocenters. The molecule has 0 amide bonds. The van der Waals surface area contributed by atoms with Gasteiger partial charge in [-0.15, -0.1) is 0 Å². The van der Waals surface area contributed by atoms with Crippen LogP contribution in [0.15, 0.2) is 54.7 Å². The van der Waals surface area contributed by atoms with Crippen molar-refractivity contribution in [2.75, 3.05) is 6.61 Å². The molecule has 0 N–H and O–H groups in total. The number of carbonyl (C=O) groups is 2. The molecule has 3 aromatic rings. The minimum absolute atomic E-state index is 0.111. The van der Waals surface area contributed by atoms with E-state index in [-0.39, 0.29) is 5.78 Å². The number of hydrogen-bond acceptors (Lipinski definition) is 3. The standard InChI is InChI=1S/C19H17NO3/c1-3-23-19(22)15-12-17(20-11-7-6-10-16(15)20)18(21)14-9-5-4-8-13(14)2/h4-12H,3H2,1-2H3. The zero-order valence-electron chi connectivity index (χ0n) is 13.1. The van der Waals surface area contributed by atoms with E-state index in [1.54, 1.807) is 35.7 Å². The molecule has 4 heteroatoms. The number of nitrogens with zero attached hydrogens (tertiary/aromatic N) is 1. The maximum Gasteiger partial charge on any atom is 0.340 e. The van der Waals surface area contributed by atoms with Crippen LogP contribution in [0.5, 0.6) is 0 Å². The molecule has 0 aliphatic heterocycles. The molecule has 0 saturated heterocycles. The number of esters is 1. The molecule has 0 radical (unpaired) electrons. The van der Waals surface area contributed by atoms with E-state index in [0.29, 0.717) is 28.9 Å². The van der Waals surface area contributed by atoms with E-state index in [0.717, 1.165) is 5.56 Å². The third-order valence-electron chi connectivity index (χ3n) is 3.79. The van der Waals surface area contributed by atoms with Crippen molar-refractivity contribution in [3.8, 4) is 0 Å². The normalized spacial score (nSPS) is 10.7. The number of benzene rings is 1. The van der Waals surface area contributed by atoms with Gasteiger partial charge in [-0.05, 0) is 37.6 Å². The van der Waals surface area contributed by atoms with E-state index in [9.17, 15) is 9.59 Å². The zero-order chi connectivity index (χ0) is 16.4. The van der Waals surface area contributed by atoms with Gasteiger partial charge in [0, 0.05) is 11.8 Å². The monoisotopic (exact) mass is 307 g/mol. The maximum absolute atomic E-state index is 12.9. The van der Waals surface area contributed by atoms with E-state index in [2.05, 4.69) is 0 Å². The Morgan fingerprint density at radius 3 is 2.52 bits per heavy atom. The van der Waals surface area contributed by atoms with Gasteiger partial charge in [-0.1, -0.05) is 30.3 Å². The summed E-state index contributed by atoms with van der Waals surface area (Å²) >= 11 is 0. The number of hydrogen-bond donors (Lipinski definition) is 0. The van der Waals surface area contributed by atoms with E-state index >= 15 is 0 Å². The minimum atomic E-state index is -0.417. The van der Waals surface area contributed by atoms with Crippen LogP contribution in [0.25, 0.3) is 5.52 Å². The molecule has 0 saturated carbocycles. The number of carbonyl (C=O) groups excluding carboxylic acids is 2. The number of ketones is 1. The van der Waals surface area contributed by atoms with Gasteiger partial charge in [0.1, 0.15) is 0 Å². The predicted octanol–water partition coefficient (Wildman–Crippen LogP) is 3.66. The Morgan fingerprint density at radius 1 is 1.04 bits per heavy atom. The van der Waals surface area contributed by atoms with Crippen LogP contribution in [0.3, 0.4) is 0 Å². The molecule has 23 heavy (non-hydrogen) atoms. The minimum Gasteiger partial charge on any atom is -0.462 e. The van der Waals surface area contributed by atoms with Crippen LogP contribution in [-0.2, 0) is 4.74 Å². The second-order valence-corrected chi connectivity index (χ2v) is 5.26. The Balaban J connectivity index is 2.17. The number of rotatable bonds is 4. The molecular weight excluding hydrogens is 290 g/mol. The van der Waals surface area contributed by atoms with Crippen LogP contribution in [0.4, 0.5) is 0 Å². The van der Waals surface area contributed by atoms with Crippen LogP contribution < -0.4 is 0 Å². The fraction of sp³-hybridized carbons (Fsp3) is 0.158. The predicted molar refractivity (Wildman–Crippen MR) is 88.0 cm³/mol. The van der Waals surface area contributed by atoms with E-state index in [1.165, 1.54) is 0 Å². The van der Waals surface area contributed by atoms with Crippen LogP contribution in [0.1, 0.15) is 38.9 Å². The Labute approximate surface area is 134 Å². The summed E-state index contributed by atoms with van der Waals surface area (Å²) in [7, 11) is 0. The van der Waals surface area contributed by atoms with Crippen molar-refractivity contribution in [1.29, 1.82) is 0 Å². The van der Waals surface area contributed by atoms with Gasteiger partial charge in [-0.25, -0.2) is 4.79 Å². The lowest BCUT2D eigenvalue weighted by molar-refractivity contribution is 0.0529. The van der Waals surface area contributed by atoms with Gasteiger partial charge in [0.2, 0.25) is 5.78 Å². The summed E-state index contributed by atoms with van der Waals surface area (Å²) in [6, 6.07) is 14.5. The summed E-state index contributed by atoms with van der Waals surface area (Å²) in [5.41, 5.74) is 3.07. The molecule has 1 aromatic carbocycles. The molecule has 0 aliphatic carbocycles. The Bertz CT molecular complexity index is 893. The highest BCUT2D eigenvalue weighted by Crippen LogP contribution is 2.22. The van der Waals surface area contributed by atoms with Gasteiger partial charge in [-0.2, -0.15) is 0 Å². The summed E-state index contributed by atoms with van der Waals surface area (Å²) in [6.07, 6.45) is 1.78. The molecule has 0 aliphatic rings. The number of pyridine rings is 1. The van der Waals surface area contributed by atoms with Gasteiger partial charge in [0.25, 0.3) is 0 Å². The highest BCUT2D eigenvalue weighted by Gasteiger charge is 2.21. The fourth-order valence-corrected chi connectivity index (χ4v) is 2.67. The van der Waals surface area contributed by atoms with E-state index in [4.69, 9.17) is 4.74 Å². The second-order valence-electron chi connectivity index (χ2n) is 5.26. The quantitative estimate of drug-likeness (QED) is 0.546. The van der Waals surface area contributed by atoms with Crippen molar-refractivity contribution in [3.05, 3.63) is 77.1 Å². The second kappa shape index (κ2) is 6.08. The molecule has 2 aromatic heterocycles. The van der Waals surface area contributed by atoms with Crippen molar-refractivity contribution in [2.45, 2.75) is 13.8 Å². The molecule has 4 nitrogen and oxygen atoms in total. The largest absolute Gasteiger partial charge is 0.462 e. The molecular formula is C19H17NO3. The maximum atomic E-state index is 12.9. The Kier molecular flexibility index (Phi) is 3.98. The van der Waals surface area contributed by atoms with Crippen molar-refractivity contribution >= 4 is 17.3 Å². The first-order chi connectivity index (χ1) is 11.1. The lowest BCUT2D eigenvalue weighted by Gasteiger charge is -2.05. The van der Waals surface area contributed by atoms with Gasteiger partial charge in [0.05, 0.1) is 23.4 Å². The van der Waals surface area contributed by atoms with Gasteiger partial charge in [-0.3, -0.25) is 4.79 Å². The number of aryl methyl sites for hydroxylation is 1. The summed E-state index contributed by atoms with van der Waals surface area (Å²) in [4.78, 5) is 25.1. The number of ether oxygens (including phenoxy) is 1. The van der Waals surface area contributed by atoms with Crippen molar-refractivity contribution in [2.24, 2.45) is 0 Å². The first-order valence-electron chi connectivity index (χ1n) is 7.51. The third-order valence-corrected chi connectivity index (χ3v) is 3.79. The highest BCUT2D eigenvalue weighted by molar-refractivity contribution is 6.12. The summed E-state index contributed by atoms with van der Waals surface area (Å²) < 4.78 is 6.83. The fourth-order valence-electron chi connectivity index (χ4n) is 2.67. The Morgan fingerprint density at radius 2 is 1.78 bits per heavy atom.